The van der Waals surface area contributed by atoms with Crippen molar-refractivity contribution in [3.05, 3.63) is 69.2 Å². The molecule has 1 atom stereocenters. The molecule has 1 aliphatic rings. The normalized spacial score (nSPS) is 16.9. The number of rotatable bonds is 4. The molecule has 0 radical (unpaired) electrons. The van der Waals surface area contributed by atoms with Crippen LogP contribution >= 0.6 is 15.9 Å². The van der Waals surface area contributed by atoms with Crippen LogP contribution in [-0.4, -0.2) is 29.8 Å². The number of amides is 2. The fourth-order valence-corrected chi connectivity index (χ4v) is 4.08. The molecule has 5 heteroatoms. The first-order chi connectivity index (χ1) is 12.9. The van der Waals surface area contributed by atoms with Crippen LogP contribution in [0.15, 0.2) is 46.9 Å². The van der Waals surface area contributed by atoms with Crippen LogP contribution in [0.25, 0.3) is 0 Å². The van der Waals surface area contributed by atoms with Crippen molar-refractivity contribution in [1.29, 1.82) is 0 Å². The molecule has 4 nitrogen and oxygen atoms in total. The molecule has 0 saturated carbocycles. The number of carbonyl (C=O) groups is 2. The highest BCUT2D eigenvalue weighted by molar-refractivity contribution is 9.10. The van der Waals surface area contributed by atoms with E-state index in [0.29, 0.717) is 25.2 Å². The van der Waals surface area contributed by atoms with Crippen molar-refractivity contribution in [3.63, 3.8) is 0 Å². The van der Waals surface area contributed by atoms with Crippen molar-refractivity contribution in [2.75, 3.05) is 13.1 Å². The van der Waals surface area contributed by atoms with Gasteiger partial charge in [0.15, 0.2) is 0 Å². The maximum absolute atomic E-state index is 12.9. The van der Waals surface area contributed by atoms with Crippen LogP contribution in [0.5, 0.6) is 0 Å². The standard InChI is InChI=1S/C22H25BrN2O2/c1-15-9-16(2)11-19(10-15)22(27)25-8-4-6-18(14-25)21(26)24-13-17-5-3-7-20(23)12-17/h3,5,7,9-12,18H,4,6,8,13-14H2,1-2H3,(H,24,26). The van der Waals surface area contributed by atoms with Crippen molar-refractivity contribution < 1.29 is 9.59 Å². The molecule has 1 saturated heterocycles. The van der Waals surface area contributed by atoms with Gasteiger partial charge >= 0.3 is 0 Å². The number of aryl methyl sites for hydroxylation is 2. The summed E-state index contributed by atoms with van der Waals surface area (Å²) in [5, 5.41) is 3.02. The quantitative estimate of drug-likeness (QED) is 0.791. The third-order valence-electron chi connectivity index (χ3n) is 4.90. The first kappa shape index (κ1) is 19.6. The number of hydrogen-bond acceptors (Lipinski definition) is 2. The minimum Gasteiger partial charge on any atom is -0.352 e. The van der Waals surface area contributed by atoms with E-state index in [4.69, 9.17) is 0 Å². The summed E-state index contributed by atoms with van der Waals surface area (Å²) in [6, 6.07) is 13.8. The van der Waals surface area contributed by atoms with Gasteiger partial charge in [-0.3, -0.25) is 9.59 Å². The molecule has 1 fully saturated rings. The van der Waals surface area contributed by atoms with Crippen LogP contribution in [0.2, 0.25) is 0 Å². The Morgan fingerprint density at radius 2 is 1.89 bits per heavy atom. The number of halogens is 1. The van der Waals surface area contributed by atoms with Crippen LogP contribution < -0.4 is 5.32 Å². The number of carbonyl (C=O) groups excluding carboxylic acids is 2. The third-order valence-corrected chi connectivity index (χ3v) is 5.40. The number of piperidine rings is 1. The lowest BCUT2D eigenvalue weighted by atomic mass is 9.96. The van der Waals surface area contributed by atoms with Gasteiger partial charge in [-0.1, -0.05) is 45.3 Å². The molecular formula is C22H25BrN2O2. The minimum atomic E-state index is -0.152. The number of benzene rings is 2. The van der Waals surface area contributed by atoms with Gasteiger partial charge in [-0.15, -0.1) is 0 Å². The molecule has 0 spiro atoms. The van der Waals surface area contributed by atoms with Gasteiger partial charge in [0.25, 0.3) is 5.91 Å². The Kier molecular flexibility index (Phi) is 6.32. The molecule has 1 unspecified atom stereocenters. The highest BCUT2D eigenvalue weighted by Gasteiger charge is 2.28. The smallest absolute Gasteiger partial charge is 0.253 e. The molecule has 0 bridgehead atoms. The van der Waals surface area contributed by atoms with E-state index in [0.717, 1.165) is 34.0 Å². The lowest BCUT2D eigenvalue weighted by Crippen LogP contribution is -2.45. The molecule has 1 N–H and O–H groups in total. The molecule has 1 aliphatic heterocycles. The summed E-state index contributed by atoms with van der Waals surface area (Å²) in [7, 11) is 0. The second-order valence-electron chi connectivity index (χ2n) is 7.31. The molecule has 1 heterocycles. The number of hydrogen-bond donors (Lipinski definition) is 1. The molecule has 2 aromatic carbocycles. The Morgan fingerprint density at radius 1 is 1.15 bits per heavy atom. The van der Waals surface area contributed by atoms with Crippen molar-refractivity contribution in [2.24, 2.45) is 5.92 Å². The Bertz CT molecular complexity index is 830. The zero-order chi connectivity index (χ0) is 19.4. The van der Waals surface area contributed by atoms with Gasteiger partial charge in [-0.2, -0.15) is 0 Å². The predicted octanol–water partition coefficient (Wildman–Crippen LogP) is 4.23. The molecule has 2 aromatic rings. The van der Waals surface area contributed by atoms with Gasteiger partial charge in [0.2, 0.25) is 5.91 Å². The van der Waals surface area contributed by atoms with Crippen molar-refractivity contribution in [3.8, 4) is 0 Å². The molecule has 27 heavy (non-hydrogen) atoms. The van der Waals surface area contributed by atoms with Gasteiger partial charge in [-0.05, 0) is 56.5 Å². The summed E-state index contributed by atoms with van der Waals surface area (Å²) in [6.07, 6.45) is 1.67. The van der Waals surface area contributed by atoms with Crippen molar-refractivity contribution in [2.45, 2.75) is 33.2 Å². The first-order valence-corrected chi connectivity index (χ1v) is 10.1. The summed E-state index contributed by atoms with van der Waals surface area (Å²) >= 11 is 3.44. The monoisotopic (exact) mass is 428 g/mol. The molecule has 0 aliphatic carbocycles. The zero-order valence-corrected chi connectivity index (χ0v) is 17.4. The largest absolute Gasteiger partial charge is 0.352 e. The van der Waals surface area contributed by atoms with Crippen LogP contribution in [0.3, 0.4) is 0 Å². The first-order valence-electron chi connectivity index (χ1n) is 9.32. The second kappa shape index (κ2) is 8.70. The predicted molar refractivity (Wildman–Crippen MR) is 111 cm³/mol. The van der Waals surface area contributed by atoms with E-state index >= 15 is 0 Å². The average Bonchev–Trinajstić information content (AvgIpc) is 2.65. The summed E-state index contributed by atoms with van der Waals surface area (Å²) < 4.78 is 0.997. The molecule has 0 aromatic heterocycles. The maximum Gasteiger partial charge on any atom is 0.253 e. The number of likely N-dealkylation sites (tertiary alicyclic amines) is 1. The SMILES string of the molecule is Cc1cc(C)cc(C(=O)N2CCCC(C(=O)NCc3cccc(Br)c3)C2)c1. The summed E-state index contributed by atoms with van der Waals surface area (Å²) in [4.78, 5) is 27.3. The van der Waals surface area contributed by atoms with E-state index in [2.05, 4.69) is 27.3 Å². The lowest BCUT2D eigenvalue weighted by Gasteiger charge is -2.32. The zero-order valence-electron chi connectivity index (χ0n) is 15.8. The van der Waals surface area contributed by atoms with Crippen molar-refractivity contribution >= 4 is 27.7 Å². The average molecular weight is 429 g/mol. The molecular weight excluding hydrogens is 404 g/mol. The fourth-order valence-electron chi connectivity index (χ4n) is 3.64. The van der Waals surface area contributed by atoms with E-state index in [1.54, 1.807) is 0 Å². The lowest BCUT2D eigenvalue weighted by molar-refractivity contribution is -0.126. The Morgan fingerprint density at radius 3 is 2.59 bits per heavy atom. The van der Waals surface area contributed by atoms with Crippen LogP contribution in [0.1, 0.15) is 39.9 Å². The van der Waals surface area contributed by atoms with Gasteiger partial charge in [-0.25, -0.2) is 0 Å². The summed E-state index contributed by atoms with van der Waals surface area (Å²) in [5.41, 5.74) is 3.93. The fraction of sp³-hybridized carbons (Fsp3) is 0.364. The summed E-state index contributed by atoms with van der Waals surface area (Å²) in [6.45, 7) is 5.69. The van der Waals surface area contributed by atoms with Gasteiger partial charge < -0.3 is 10.2 Å². The summed E-state index contributed by atoms with van der Waals surface area (Å²) in [5.74, 6) is -0.111. The second-order valence-corrected chi connectivity index (χ2v) is 8.23. The van der Waals surface area contributed by atoms with E-state index in [1.807, 2.05) is 55.1 Å². The van der Waals surface area contributed by atoms with E-state index < -0.39 is 0 Å². The van der Waals surface area contributed by atoms with E-state index in [-0.39, 0.29) is 17.7 Å². The highest BCUT2D eigenvalue weighted by atomic mass is 79.9. The van der Waals surface area contributed by atoms with Gasteiger partial charge in [0.1, 0.15) is 0 Å². The van der Waals surface area contributed by atoms with E-state index in [9.17, 15) is 9.59 Å². The van der Waals surface area contributed by atoms with Crippen molar-refractivity contribution in [1.82, 2.24) is 10.2 Å². The van der Waals surface area contributed by atoms with Gasteiger partial charge in [0, 0.05) is 29.7 Å². The van der Waals surface area contributed by atoms with Gasteiger partial charge in [0.05, 0.1) is 5.92 Å². The Labute approximate surface area is 169 Å². The minimum absolute atomic E-state index is 0.0197. The van der Waals surface area contributed by atoms with E-state index in [1.165, 1.54) is 0 Å². The molecule has 3 rings (SSSR count). The van der Waals surface area contributed by atoms with Crippen LogP contribution in [-0.2, 0) is 11.3 Å². The van der Waals surface area contributed by atoms with Crippen LogP contribution in [0.4, 0.5) is 0 Å². The number of nitrogens with one attached hydrogen (secondary N) is 1. The molecule has 2 amide bonds. The van der Waals surface area contributed by atoms with Crippen LogP contribution in [0, 0.1) is 19.8 Å². The number of nitrogens with zero attached hydrogens (tertiary/aromatic N) is 1. The Balaban J connectivity index is 1.61. The topological polar surface area (TPSA) is 49.4 Å². The molecule has 142 valence electrons. The maximum atomic E-state index is 12.9. The highest BCUT2D eigenvalue weighted by Crippen LogP contribution is 2.20. The Hall–Kier alpha value is -2.14. The third kappa shape index (κ3) is 5.19.